The molecule has 1 heterocycles. The van der Waals surface area contributed by atoms with Crippen LogP contribution < -0.4 is 20.5 Å². The Balaban J connectivity index is 2.08. The van der Waals surface area contributed by atoms with Crippen molar-refractivity contribution in [3.05, 3.63) is 22.2 Å². The predicted octanol–water partition coefficient (Wildman–Crippen LogP) is 1.33. The molecule has 0 aliphatic carbocycles. The Morgan fingerprint density at radius 1 is 1.42 bits per heavy atom. The van der Waals surface area contributed by atoms with Crippen LogP contribution in [0.15, 0.2) is 16.6 Å². The molecule has 0 amide bonds. The van der Waals surface area contributed by atoms with Crippen LogP contribution in [0.4, 0.5) is 0 Å². The van der Waals surface area contributed by atoms with Crippen molar-refractivity contribution in [3.63, 3.8) is 0 Å². The van der Waals surface area contributed by atoms with Crippen molar-refractivity contribution in [3.8, 4) is 11.5 Å². The molecular weight excluding hydrogens is 310 g/mol. The second kappa shape index (κ2) is 6.56. The first-order valence-electron chi connectivity index (χ1n) is 6.29. The van der Waals surface area contributed by atoms with E-state index in [1.807, 2.05) is 12.1 Å². The van der Waals surface area contributed by atoms with Crippen molar-refractivity contribution in [1.29, 1.82) is 0 Å². The Hall–Kier alpha value is -0.820. The van der Waals surface area contributed by atoms with Crippen molar-refractivity contribution >= 4 is 15.9 Å². The summed E-state index contributed by atoms with van der Waals surface area (Å²) < 4.78 is 11.7. The number of rotatable bonds is 6. The van der Waals surface area contributed by atoms with Gasteiger partial charge in [0.05, 0.1) is 4.47 Å². The summed E-state index contributed by atoms with van der Waals surface area (Å²) in [5, 5.41) is 3.45. The van der Waals surface area contributed by atoms with Gasteiger partial charge in [-0.1, -0.05) is 0 Å². The molecule has 3 N–H and O–H groups in total. The second-order valence-corrected chi connectivity index (χ2v) is 5.64. The summed E-state index contributed by atoms with van der Waals surface area (Å²) in [6.45, 7) is 2.68. The van der Waals surface area contributed by atoms with E-state index in [0.717, 1.165) is 34.6 Å². The number of halogens is 1. The van der Waals surface area contributed by atoms with Crippen LogP contribution in [0.2, 0.25) is 0 Å². The number of nitrogens with one attached hydrogen (secondary N) is 1. The van der Waals surface area contributed by atoms with Gasteiger partial charge >= 0.3 is 0 Å². The molecule has 0 saturated heterocycles. The first kappa shape index (κ1) is 14.6. The quantitative estimate of drug-likeness (QED) is 0.824. The Bertz CT molecular complexity index is 440. The molecule has 1 aromatic carbocycles. The summed E-state index contributed by atoms with van der Waals surface area (Å²) in [5.74, 6) is 1.55. The maximum atomic E-state index is 5.85. The summed E-state index contributed by atoms with van der Waals surface area (Å²) in [7, 11) is 4.10. The number of benzene rings is 1. The molecule has 1 unspecified atom stereocenters. The van der Waals surface area contributed by atoms with E-state index >= 15 is 0 Å². The van der Waals surface area contributed by atoms with E-state index < -0.39 is 0 Å². The van der Waals surface area contributed by atoms with Gasteiger partial charge in [-0.25, -0.2) is 0 Å². The van der Waals surface area contributed by atoms with Crippen LogP contribution in [-0.2, 0) is 0 Å². The summed E-state index contributed by atoms with van der Waals surface area (Å²) in [6.07, 6.45) is 0. The lowest BCUT2D eigenvalue weighted by Crippen LogP contribution is -2.33. The highest BCUT2D eigenvalue weighted by atomic mass is 79.9. The Kier molecular flexibility index (Phi) is 5.04. The lowest BCUT2D eigenvalue weighted by Gasteiger charge is -2.19. The highest BCUT2D eigenvalue weighted by molar-refractivity contribution is 9.10. The van der Waals surface area contributed by atoms with Crippen molar-refractivity contribution in [2.45, 2.75) is 6.04 Å². The number of nitrogens with zero attached hydrogens (tertiary/aromatic N) is 1. The first-order valence-corrected chi connectivity index (χ1v) is 7.08. The fourth-order valence-electron chi connectivity index (χ4n) is 1.99. The standard InChI is InChI=1S/C13H20BrN3O2/c1-17(2)4-3-16-11(7-15)9-5-10(14)13-12(6-9)18-8-19-13/h5-6,11,16H,3-4,7-8,15H2,1-2H3. The van der Waals surface area contributed by atoms with E-state index in [4.69, 9.17) is 15.2 Å². The van der Waals surface area contributed by atoms with E-state index in [2.05, 4.69) is 40.2 Å². The average molecular weight is 330 g/mol. The summed E-state index contributed by atoms with van der Waals surface area (Å²) >= 11 is 3.51. The van der Waals surface area contributed by atoms with E-state index in [9.17, 15) is 0 Å². The normalized spacial score (nSPS) is 15.0. The van der Waals surface area contributed by atoms with Gasteiger partial charge in [0.15, 0.2) is 11.5 Å². The highest BCUT2D eigenvalue weighted by Gasteiger charge is 2.20. The fourth-order valence-corrected chi connectivity index (χ4v) is 2.56. The van der Waals surface area contributed by atoms with Crippen LogP contribution >= 0.6 is 15.9 Å². The van der Waals surface area contributed by atoms with Crippen LogP contribution in [0.25, 0.3) is 0 Å². The number of ether oxygens (including phenoxy) is 2. The molecule has 1 atom stereocenters. The number of hydrogen-bond donors (Lipinski definition) is 2. The predicted molar refractivity (Wildman–Crippen MR) is 78.6 cm³/mol. The van der Waals surface area contributed by atoms with Gasteiger partial charge in [-0.05, 0) is 47.7 Å². The Morgan fingerprint density at radius 2 is 2.21 bits per heavy atom. The zero-order chi connectivity index (χ0) is 13.8. The van der Waals surface area contributed by atoms with Gasteiger partial charge in [-0.3, -0.25) is 0 Å². The highest BCUT2D eigenvalue weighted by Crippen LogP contribution is 2.41. The van der Waals surface area contributed by atoms with E-state index in [1.165, 1.54) is 0 Å². The smallest absolute Gasteiger partial charge is 0.231 e. The second-order valence-electron chi connectivity index (χ2n) is 4.78. The maximum Gasteiger partial charge on any atom is 0.231 e. The number of likely N-dealkylation sites (N-methyl/N-ethyl adjacent to an activating group) is 1. The van der Waals surface area contributed by atoms with Gasteiger partial charge in [-0.2, -0.15) is 0 Å². The molecule has 0 bridgehead atoms. The Labute approximate surface area is 122 Å². The molecule has 0 radical (unpaired) electrons. The molecule has 19 heavy (non-hydrogen) atoms. The molecule has 1 aliphatic rings. The molecule has 0 spiro atoms. The van der Waals surface area contributed by atoms with Crippen LogP contribution in [0, 0.1) is 0 Å². The van der Waals surface area contributed by atoms with Crippen LogP contribution in [-0.4, -0.2) is 45.4 Å². The zero-order valence-corrected chi connectivity index (χ0v) is 12.9. The van der Waals surface area contributed by atoms with Gasteiger partial charge < -0.3 is 25.4 Å². The molecule has 2 rings (SSSR count). The molecule has 106 valence electrons. The monoisotopic (exact) mass is 329 g/mol. The van der Waals surface area contributed by atoms with E-state index in [0.29, 0.717) is 6.54 Å². The minimum atomic E-state index is 0.116. The summed E-state index contributed by atoms with van der Waals surface area (Å²) in [5.41, 5.74) is 6.96. The molecule has 1 aromatic rings. The molecule has 0 aromatic heterocycles. The SMILES string of the molecule is CN(C)CCNC(CN)c1cc(Br)c2c(c1)OCO2. The molecular formula is C13H20BrN3O2. The average Bonchev–Trinajstić information content (AvgIpc) is 2.83. The van der Waals surface area contributed by atoms with Crippen LogP contribution in [0.5, 0.6) is 11.5 Å². The van der Waals surface area contributed by atoms with Crippen LogP contribution in [0.1, 0.15) is 11.6 Å². The van der Waals surface area contributed by atoms with Gasteiger partial charge in [0.2, 0.25) is 6.79 Å². The first-order chi connectivity index (χ1) is 9.11. The van der Waals surface area contributed by atoms with Gasteiger partial charge in [0.25, 0.3) is 0 Å². The van der Waals surface area contributed by atoms with Crippen molar-refractivity contribution < 1.29 is 9.47 Å². The van der Waals surface area contributed by atoms with Crippen LogP contribution in [0.3, 0.4) is 0 Å². The number of fused-ring (bicyclic) bond motifs is 1. The third kappa shape index (κ3) is 3.60. The number of hydrogen-bond acceptors (Lipinski definition) is 5. The van der Waals surface area contributed by atoms with Gasteiger partial charge in [-0.15, -0.1) is 0 Å². The zero-order valence-electron chi connectivity index (χ0n) is 11.3. The maximum absolute atomic E-state index is 5.85. The third-order valence-corrected chi connectivity index (χ3v) is 3.63. The third-order valence-electron chi connectivity index (χ3n) is 3.04. The molecule has 5 nitrogen and oxygen atoms in total. The minimum Gasteiger partial charge on any atom is -0.454 e. The molecule has 6 heteroatoms. The molecule has 1 aliphatic heterocycles. The largest absolute Gasteiger partial charge is 0.454 e. The fraction of sp³-hybridized carbons (Fsp3) is 0.538. The summed E-state index contributed by atoms with van der Waals surface area (Å²) in [4.78, 5) is 2.14. The summed E-state index contributed by atoms with van der Waals surface area (Å²) in [6, 6.07) is 4.15. The number of nitrogens with two attached hydrogens (primary N) is 1. The van der Waals surface area contributed by atoms with Crippen molar-refractivity contribution in [1.82, 2.24) is 10.2 Å². The Morgan fingerprint density at radius 3 is 2.89 bits per heavy atom. The lowest BCUT2D eigenvalue weighted by atomic mass is 10.1. The molecule has 0 fully saturated rings. The minimum absolute atomic E-state index is 0.116. The van der Waals surface area contributed by atoms with Crippen molar-refractivity contribution in [2.24, 2.45) is 5.73 Å². The molecule has 0 saturated carbocycles. The van der Waals surface area contributed by atoms with E-state index in [-0.39, 0.29) is 12.8 Å². The lowest BCUT2D eigenvalue weighted by molar-refractivity contribution is 0.173. The topological polar surface area (TPSA) is 59.8 Å². The van der Waals surface area contributed by atoms with Crippen molar-refractivity contribution in [2.75, 3.05) is 40.5 Å². The van der Waals surface area contributed by atoms with Gasteiger partial charge in [0, 0.05) is 25.7 Å². The van der Waals surface area contributed by atoms with E-state index in [1.54, 1.807) is 0 Å². The van der Waals surface area contributed by atoms with Gasteiger partial charge in [0.1, 0.15) is 0 Å².